The van der Waals surface area contributed by atoms with Gasteiger partial charge in [-0.25, -0.2) is 0 Å². The predicted octanol–water partition coefficient (Wildman–Crippen LogP) is 0.130. The summed E-state index contributed by atoms with van der Waals surface area (Å²) in [5, 5.41) is 8.53. The van der Waals surface area contributed by atoms with Crippen molar-refractivity contribution in [2.75, 3.05) is 13.2 Å². The molecule has 2 heteroatoms. The second-order valence-electron chi connectivity index (χ2n) is 1.81. The van der Waals surface area contributed by atoms with Crippen molar-refractivity contribution in [3.63, 3.8) is 0 Å². The second-order valence-corrected chi connectivity index (χ2v) is 1.81. The molecule has 0 spiro atoms. The molecule has 0 aliphatic rings. The summed E-state index contributed by atoms with van der Waals surface area (Å²) in [7, 11) is 0. The van der Waals surface area contributed by atoms with Crippen LogP contribution in [0.4, 0.5) is 0 Å². The summed E-state index contributed by atoms with van der Waals surface area (Å²) in [6, 6.07) is 0. The monoisotopic (exact) mass is 115 g/mol. The van der Waals surface area contributed by atoms with E-state index in [0.29, 0.717) is 6.54 Å². The average Bonchev–Trinajstić information content (AvgIpc) is 1.83. The Morgan fingerprint density at radius 1 is 1.75 bits per heavy atom. The van der Waals surface area contributed by atoms with E-state index in [1.807, 2.05) is 0 Å². The molecule has 0 saturated heterocycles. The number of rotatable bonds is 4. The molecule has 0 fully saturated rings. The minimum absolute atomic E-state index is 0.169. The van der Waals surface area contributed by atoms with Crippen LogP contribution in [0.2, 0.25) is 0 Å². The highest BCUT2D eigenvalue weighted by Crippen LogP contribution is 1.97. The molecular weight excluding hydrogens is 102 g/mol. The van der Waals surface area contributed by atoms with Crippen molar-refractivity contribution in [1.29, 1.82) is 0 Å². The van der Waals surface area contributed by atoms with Crippen LogP contribution in [-0.2, 0) is 0 Å². The molecule has 0 rings (SSSR count). The van der Waals surface area contributed by atoms with Gasteiger partial charge in [-0.3, -0.25) is 0 Å². The summed E-state index contributed by atoms with van der Waals surface area (Å²) in [4.78, 5) is 0. The van der Waals surface area contributed by atoms with Gasteiger partial charge in [-0.05, 0) is 18.9 Å². The Bertz CT molecular complexity index is 59.5. The van der Waals surface area contributed by atoms with Gasteiger partial charge in [0, 0.05) is 6.61 Å². The zero-order valence-electron chi connectivity index (χ0n) is 5.01. The number of hydrogen-bond donors (Lipinski definition) is 2. The van der Waals surface area contributed by atoms with E-state index in [2.05, 4.69) is 6.58 Å². The molecule has 0 unspecified atom stereocenters. The molecule has 0 aromatic carbocycles. The van der Waals surface area contributed by atoms with Crippen LogP contribution in [0.5, 0.6) is 0 Å². The highest BCUT2D eigenvalue weighted by molar-refractivity contribution is 4.72. The Morgan fingerprint density at radius 2 is 2.38 bits per heavy atom. The second kappa shape index (κ2) is 4.81. The van der Waals surface area contributed by atoms with Gasteiger partial charge in [0.2, 0.25) is 0 Å². The van der Waals surface area contributed by atoms with Gasteiger partial charge in [-0.1, -0.05) is 6.08 Å². The van der Waals surface area contributed by atoms with E-state index in [9.17, 15) is 0 Å². The Kier molecular flexibility index (Phi) is 4.61. The molecule has 1 atom stereocenters. The van der Waals surface area contributed by atoms with Crippen LogP contribution in [0.3, 0.4) is 0 Å². The Balaban J connectivity index is 3.20. The van der Waals surface area contributed by atoms with E-state index in [4.69, 9.17) is 10.8 Å². The zero-order chi connectivity index (χ0) is 6.41. The molecule has 0 heterocycles. The smallest absolute Gasteiger partial charge is 0.0474 e. The zero-order valence-corrected chi connectivity index (χ0v) is 5.01. The van der Waals surface area contributed by atoms with Gasteiger partial charge in [0.25, 0.3) is 0 Å². The molecule has 8 heavy (non-hydrogen) atoms. The van der Waals surface area contributed by atoms with Crippen molar-refractivity contribution in [3.05, 3.63) is 12.7 Å². The molecule has 0 bridgehead atoms. The Labute approximate surface area is 50.0 Å². The number of hydrogen-bond acceptors (Lipinski definition) is 2. The van der Waals surface area contributed by atoms with Crippen LogP contribution in [0.25, 0.3) is 0 Å². The molecular formula is C6H13NO. The number of allylic oxidation sites excluding steroid dienone is 1. The fourth-order valence-corrected chi connectivity index (χ4v) is 0.481. The van der Waals surface area contributed by atoms with E-state index in [0.717, 1.165) is 6.42 Å². The maximum atomic E-state index is 8.53. The first-order valence-electron chi connectivity index (χ1n) is 2.77. The molecule has 0 aromatic rings. The molecule has 0 aliphatic carbocycles. The molecule has 0 radical (unpaired) electrons. The fourth-order valence-electron chi connectivity index (χ4n) is 0.481. The third-order valence-electron chi connectivity index (χ3n) is 1.09. The fraction of sp³-hybridized carbons (Fsp3) is 0.667. The standard InChI is InChI=1S/C6H13NO/c1-2-3-6(4-7)5-8/h2,6,8H,1,3-5,7H2/t6-/m1/s1. The maximum Gasteiger partial charge on any atom is 0.0474 e. The van der Waals surface area contributed by atoms with Gasteiger partial charge >= 0.3 is 0 Å². The number of aliphatic hydroxyl groups excluding tert-OH is 1. The quantitative estimate of drug-likeness (QED) is 0.511. The lowest BCUT2D eigenvalue weighted by Crippen LogP contribution is -2.16. The van der Waals surface area contributed by atoms with Gasteiger partial charge in [-0.2, -0.15) is 0 Å². The van der Waals surface area contributed by atoms with Crippen LogP contribution in [0.1, 0.15) is 6.42 Å². The van der Waals surface area contributed by atoms with Crippen LogP contribution < -0.4 is 5.73 Å². The highest BCUT2D eigenvalue weighted by Gasteiger charge is 1.99. The van der Waals surface area contributed by atoms with Crippen molar-refractivity contribution in [2.45, 2.75) is 6.42 Å². The van der Waals surface area contributed by atoms with Crippen LogP contribution in [-0.4, -0.2) is 18.3 Å². The first kappa shape index (κ1) is 7.66. The van der Waals surface area contributed by atoms with Gasteiger partial charge < -0.3 is 10.8 Å². The van der Waals surface area contributed by atoms with Crippen molar-refractivity contribution >= 4 is 0 Å². The van der Waals surface area contributed by atoms with E-state index >= 15 is 0 Å². The van der Waals surface area contributed by atoms with Crippen LogP contribution in [0, 0.1) is 5.92 Å². The summed E-state index contributed by atoms with van der Waals surface area (Å²) < 4.78 is 0. The van der Waals surface area contributed by atoms with Gasteiger partial charge in [0.05, 0.1) is 0 Å². The van der Waals surface area contributed by atoms with Crippen LogP contribution >= 0.6 is 0 Å². The molecule has 48 valence electrons. The van der Waals surface area contributed by atoms with E-state index in [1.54, 1.807) is 6.08 Å². The van der Waals surface area contributed by atoms with Gasteiger partial charge in [0.15, 0.2) is 0 Å². The van der Waals surface area contributed by atoms with E-state index < -0.39 is 0 Å². The molecule has 0 aromatic heterocycles. The number of nitrogens with two attached hydrogens (primary N) is 1. The number of aliphatic hydroxyl groups is 1. The maximum absolute atomic E-state index is 8.53. The molecule has 0 amide bonds. The van der Waals surface area contributed by atoms with E-state index in [-0.39, 0.29) is 12.5 Å². The Hall–Kier alpha value is -0.340. The predicted molar refractivity (Wildman–Crippen MR) is 34.4 cm³/mol. The largest absolute Gasteiger partial charge is 0.396 e. The topological polar surface area (TPSA) is 46.2 Å². The lowest BCUT2D eigenvalue weighted by Gasteiger charge is -2.05. The lowest BCUT2D eigenvalue weighted by molar-refractivity contribution is 0.232. The van der Waals surface area contributed by atoms with E-state index in [1.165, 1.54) is 0 Å². The summed E-state index contributed by atoms with van der Waals surface area (Å²) in [6.45, 7) is 4.24. The SMILES string of the molecule is C=CC[C@H](CN)CO. The molecule has 2 nitrogen and oxygen atoms in total. The van der Waals surface area contributed by atoms with Crippen molar-refractivity contribution in [2.24, 2.45) is 11.7 Å². The summed E-state index contributed by atoms with van der Waals surface area (Å²) in [5.41, 5.74) is 5.26. The first-order valence-corrected chi connectivity index (χ1v) is 2.77. The molecule has 3 N–H and O–H groups in total. The van der Waals surface area contributed by atoms with Crippen molar-refractivity contribution in [1.82, 2.24) is 0 Å². The third kappa shape index (κ3) is 2.77. The minimum atomic E-state index is 0.169. The van der Waals surface area contributed by atoms with Crippen molar-refractivity contribution in [3.8, 4) is 0 Å². The normalized spacial score (nSPS) is 13.2. The minimum Gasteiger partial charge on any atom is -0.396 e. The summed E-state index contributed by atoms with van der Waals surface area (Å²) >= 11 is 0. The van der Waals surface area contributed by atoms with Gasteiger partial charge in [0.1, 0.15) is 0 Å². The third-order valence-corrected chi connectivity index (χ3v) is 1.09. The Morgan fingerprint density at radius 3 is 2.50 bits per heavy atom. The highest BCUT2D eigenvalue weighted by atomic mass is 16.3. The van der Waals surface area contributed by atoms with Gasteiger partial charge in [-0.15, -0.1) is 6.58 Å². The molecule has 0 aliphatic heterocycles. The van der Waals surface area contributed by atoms with Crippen LogP contribution in [0.15, 0.2) is 12.7 Å². The average molecular weight is 115 g/mol. The molecule has 0 saturated carbocycles. The lowest BCUT2D eigenvalue weighted by atomic mass is 10.1. The summed E-state index contributed by atoms with van der Waals surface area (Å²) in [6.07, 6.45) is 2.58. The summed E-state index contributed by atoms with van der Waals surface area (Å²) in [5.74, 6) is 0.215. The van der Waals surface area contributed by atoms with Crippen molar-refractivity contribution < 1.29 is 5.11 Å². The first-order chi connectivity index (χ1) is 3.85.